The molecule has 0 amide bonds. The average molecular weight is 410 g/mol. The number of sulfonamides is 1. The van der Waals surface area contributed by atoms with Gasteiger partial charge in [0.25, 0.3) is 10.0 Å². The summed E-state index contributed by atoms with van der Waals surface area (Å²) in [6.07, 6.45) is 1.38. The first-order valence-corrected chi connectivity index (χ1v) is 10.2. The predicted molar refractivity (Wildman–Crippen MR) is 111 cm³/mol. The van der Waals surface area contributed by atoms with Crippen molar-refractivity contribution in [3.8, 4) is 17.2 Å². The molecule has 28 heavy (non-hydrogen) atoms. The van der Waals surface area contributed by atoms with Crippen LogP contribution in [0.15, 0.2) is 76.7 Å². The van der Waals surface area contributed by atoms with E-state index in [0.29, 0.717) is 21.7 Å². The van der Waals surface area contributed by atoms with Crippen LogP contribution in [0, 0.1) is 18.3 Å². The van der Waals surface area contributed by atoms with Crippen LogP contribution < -0.4 is 4.83 Å². The molecule has 0 fully saturated rings. The van der Waals surface area contributed by atoms with Gasteiger partial charge in [0.1, 0.15) is 0 Å². The standard InChI is InChI=1S/C21H16ClN3O2S/c1-15-6-9-19(10-7-15)28(26,27)25-24-14-17-12-18(22)8-11-21(17)20-5-3-2-4-16(20)13-23/h2-12,14,25H,1H3. The number of nitriles is 1. The number of nitrogens with zero attached hydrogens (tertiary/aromatic N) is 2. The van der Waals surface area contributed by atoms with Crippen LogP contribution in [-0.4, -0.2) is 14.6 Å². The second-order valence-electron chi connectivity index (χ2n) is 6.05. The second kappa shape index (κ2) is 8.26. The molecule has 0 aliphatic heterocycles. The molecule has 0 radical (unpaired) electrons. The monoisotopic (exact) mass is 409 g/mol. The van der Waals surface area contributed by atoms with E-state index in [1.165, 1.54) is 18.3 Å². The topological polar surface area (TPSA) is 82.3 Å². The van der Waals surface area contributed by atoms with E-state index in [0.717, 1.165) is 11.1 Å². The van der Waals surface area contributed by atoms with E-state index in [-0.39, 0.29) is 4.90 Å². The number of hydrogen-bond acceptors (Lipinski definition) is 4. The zero-order valence-electron chi connectivity index (χ0n) is 14.9. The van der Waals surface area contributed by atoms with Crippen LogP contribution in [0.4, 0.5) is 0 Å². The van der Waals surface area contributed by atoms with Crippen LogP contribution in [0.3, 0.4) is 0 Å². The SMILES string of the molecule is Cc1ccc(S(=O)(=O)NN=Cc2cc(Cl)ccc2-c2ccccc2C#N)cc1. The molecule has 3 aromatic rings. The van der Waals surface area contributed by atoms with Gasteiger partial charge in [0.15, 0.2) is 0 Å². The van der Waals surface area contributed by atoms with Crippen molar-refractivity contribution < 1.29 is 8.42 Å². The number of rotatable bonds is 5. The van der Waals surface area contributed by atoms with Crippen LogP contribution in [0.5, 0.6) is 0 Å². The molecule has 0 unspecified atom stereocenters. The van der Waals surface area contributed by atoms with Crippen molar-refractivity contribution in [2.45, 2.75) is 11.8 Å². The highest BCUT2D eigenvalue weighted by Gasteiger charge is 2.13. The van der Waals surface area contributed by atoms with E-state index in [2.05, 4.69) is 16.0 Å². The van der Waals surface area contributed by atoms with Gasteiger partial charge in [-0.3, -0.25) is 0 Å². The van der Waals surface area contributed by atoms with Gasteiger partial charge in [0, 0.05) is 16.1 Å². The molecule has 3 aromatic carbocycles. The Labute approximate surface area is 169 Å². The van der Waals surface area contributed by atoms with Crippen molar-refractivity contribution in [1.29, 1.82) is 5.26 Å². The number of halogens is 1. The van der Waals surface area contributed by atoms with Crippen molar-refractivity contribution in [2.24, 2.45) is 5.10 Å². The summed E-state index contributed by atoms with van der Waals surface area (Å²) in [6, 6.07) is 20.9. The molecule has 0 aromatic heterocycles. The van der Waals surface area contributed by atoms with Crippen LogP contribution in [0.2, 0.25) is 5.02 Å². The molecule has 0 spiro atoms. The molecule has 5 nitrogen and oxygen atoms in total. The first kappa shape index (κ1) is 19.6. The second-order valence-corrected chi connectivity index (χ2v) is 8.15. The fourth-order valence-corrected chi connectivity index (χ4v) is 3.61. The van der Waals surface area contributed by atoms with Crippen molar-refractivity contribution in [3.05, 3.63) is 88.4 Å². The Balaban J connectivity index is 1.93. The van der Waals surface area contributed by atoms with E-state index in [4.69, 9.17) is 11.6 Å². The Kier molecular flexibility index (Phi) is 5.78. The Morgan fingerprint density at radius 3 is 2.46 bits per heavy atom. The third kappa shape index (κ3) is 4.39. The van der Waals surface area contributed by atoms with Crippen LogP contribution in [-0.2, 0) is 10.0 Å². The van der Waals surface area contributed by atoms with Gasteiger partial charge in [-0.2, -0.15) is 18.8 Å². The minimum Gasteiger partial charge on any atom is -0.200 e. The van der Waals surface area contributed by atoms with Crippen LogP contribution >= 0.6 is 11.6 Å². The van der Waals surface area contributed by atoms with Crippen molar-refractivity contribution in [1.82, 2.24) is 4.83 Å². The Morgan fingerprint density at radius 2 is 1.75 bits per heavy atom. The van der Waals surface area contributed by atoms with E-state index in [9.17, 15) is 13.7 Å². The molecule has 0 aliphatic rings. The lowest BCUT2D eigenvalue weighted by Crippen LogP contribution is -2.18. The first-order valence-electron chi connectivity index (χ1n) is 8.31. The maximum atomic E-state index is 12.4. The summed E-state index contributed by atoms with van der Waals surface area (Å²) in [7, 11) is -3.78. The molecule has 1 N–H and O–H groups in total. The predicted octanol–water partition coefficient (Wildman–Crippen LogP) is 4.50. The summed E-state index contributed by atoms with van der Waals surface area (Å²) in [6.45, 7) is 1.88. The summed E-state index contributed by atoms with van der Waals surface area (Å²) in [5.41, 5.74) is 3.48. The number of benzene rings is 3. The fraction of sp³-hybridized carbons (Fsp3) is 0.0476. The van der Waals surface area contributed by atoms with Crippen molar-refractivity contribution in [3.63, 3.8) is 0 Å². The Morgan fingerprint density at radius 1 is 1.04 bits per heavy atom. The molecule has 0 aliphatic carbocycles. The summed E-state index contributed by atoms with van der Waals surface area (Å²) in [5, 5.41) is 13.7. The largest absolute Gasteiger partial charge is 0.276 e. The molecular formula is C21H16ClN3O2S. The van der Waals surface area contributed by atoms with E-state index in [1.54, 1.807) is 42.5 Å². The van der Waals surface area contributed by atoms with Gasteiger partial charge in [-0.05, 0) is 42.8 Å². The smallest absolute Gasteiger partial charge is 0.200 e. The van der Waals surface area contributed by atoms with Crippen molar-refractivity contribution in [2.75, 3.05) is 0 Å². The molecule has 0 heterocycles. The van der Waals surface area contributed by atoms with E-state index < -0.39 is 10.0 Å². The Hall–Kier alpha value is -3.14. The van der Waals surface area contributed by atoms with Gasteiger partial charge >= 0.3 is 0 Å². The lowest BCUT2D eigenvalue weighted by atomic mass is 9.96. The fourth-order valence-electron chi connectivity index (χ4n) is 2.64. The number of nitrogens with one attached hydrogen (secondary N) is 1. The van der Waals surface area contributed by atoms with E-state index in [1.807, 2.05) is 19.1 Å². The van der Waals surface area contributed by atoms with Gasteiger partial charge in [-0.15, -0.1) is 0 Å². The maximum absolute atomic E-state index is 12.4. The average Bonchev–Trinajstić information content (AvgIpc) is 2.68. The lowest BCUT2D eigenvalue weighted by Gasteiger charge is -2.09. The lowest BCUT2D eigenvalue weighted by molar-refractivity contribution is 0.584. The number of aryl methyl sites for hydroxylation is 1. The molecule has 0 atom stereocenters. The zero-order chi connectivity index (χ0) is 20.1. The summed E-state index contributed by atoms with van der Waals surface area (Å²) in [4.78, 5) is 2.33. The van der Waals surface area contributed by atoms with Gasteiger partial charge in [0.05, 0.1) is 22.7 Å². The molecule has 3 rings (SSSR count). The van der Waals surface area contributed by atoms with Gasteiger partial charge in [-0.1, -0.05) is 53.6 Å². The van der Waals surface area contributed by atoms with Gasteiger partial charge in [-0.25, -0.2) is 4.83 Å². The highest BCUT2D eigenvalue weighted by molar-refractivity contribution is 7.89. The zero-order valence-corrected chi connectivity index (χ0v) is 16.5. The molecule has 0 bridgehead atoms. The summed E-state index contributed by atoms with van der Waals surface area (Å²) in [5.74, 6) is 0. The third-order valence-electron chi connectivity index (χ3n) is 4.06. The minimum absolute atomic E-state index is 0.122. The molecular weight excluding hydrogens is 394 g/mol. The molecule has 0 saturated heterocycles. The first-order chi connectivity index (χ1) is 13.4. The Bertz CT molecular complexity index is 1180. The number of hydrazone groups is 1. The van der Waals surface area contributed by atoms with Crippen molar-refractivity contribution >= 4 is 27.8 Å². The van der Waals surface area contributed by atoms with Gasteiger partial charge < -0.3 is 0 Å². The summed E-state index contributed by atoms with van der Waals surface area (Å²) >= 11 is 6.09. The van der Waals surface area contributed by atoms with Crippen LogP contribution in [0.1, 0.15) is 16.7 Å². The normalized spacial score (nSPS) is 11.3. The third-order valence-corrected chi connectivity index (χ3v) is 5.53. The highest BCUT2D eigenvalue weighted by atomic mass is 35.5. The van der Waals surface area contributed by atoms with E-state index >= 15 is 0 Å². The van der Waals surface area contributed by atoms with Crippen LogP contribution in [0.25, 0.3) is 11.1 Å². The number of hydrogen-bond donors (Lipinski definition) is 1. The highest BCUT2D eigenvalue weighted by Crippen LogP contribution is 2.28. The quantitative estimate of drug-likeness (QED) is 0.497. The van der Waals surface area contributed by atoms with Gasteiger partial charge in [0.2, 0.25) is 0 Å². The maximum Gasteiger partial charge on any atom is 0.276 e. The molecule has 7 heteroatoms. The molecule has 140 valence electrons. The summed E-state index contributed by atoms with van der Waals surface area (Å²) < 4.78 is 24.7. The minimum atomic E-state index is -3.78. The molecule has 0 saturated carbocycles.